The molecule has 0 aromatic rings. The largest absolute Gasteiger partial charge is 0.393 e. The van der Waals surface area contributed by atoms with Crippen molar-refractivity contribution < 1.29 is 5.11 Å². The quantitative estimate of drug-likeness (QED) is 0.533. The highest BCUT2D eigenvalue weighted by molar-refractivity contribution is 4.71. The van der Waals surface area contributed by atoms with Gasteiger partial charge in [-0.2, -0.15) is 0 Å². The van der Waals surface area contributed by atoms with Crippen LogP contribution in [0.1, 0.15) is 40.0 Å². The van der Waals surface area contributed by atoms with E-state index in [1.165, 1.54) is 12.8 Å². The summed E-state index contributed by atoms with van der Waals surface area (Å²) in [5.41, 5.74) is 0. The molecule has 0 aromatic carbocycles. The predicted octanol–water partition coefficient (Wildman–Crippen LogP) is 2.19. The van der Waals surface area contributed by atoms with E-state index in [-0.39, 0.29) is 6.10 Å². The molecule has 1 N–H and O–H groups in total. The fourth-order valence-corrected chi connectivity index (χ4v) is 1.13. The van der Waals surface area contributed by atoms with Crippen LogP contribution < -0.4 is 0 Å². The summed E-state index contributed by atoms with van der Waals surface area (Å²) in [5, 5.41) is 9.00. The highest BCUT2D eigenvalue weighted by atomic mass is 16.3. The summed E-state index contributed by atoms with van der Waals surface area (Å²) >= 11 is 0. The molecule has 0 heterocycles. The fraction of sp³-hybridized carbons (Fsp3) is 1.00. The highest BCUT2D eigenvalue weighted by Crippen LogP contribution is 2.23. The van der Waals surface area contributed by atoms with Gasteiger partial charge < -0.3 is 5.11 Å². The standard InChI is InChI=1S/C6H12O.C2H6/c1-5-3-2-4-6(5)7;1-2/h5-7H,2-4H2,1H3;1-2H3/t5-,6-;/m1./s1. The van der Waals surface area contributed by atoms with Gasteiger partial charge in [0.2, 0.25) is 0 Å². The molecule has 2 atom stereocenters. The van der Waals surface area contributed by atoms with E-state index >= 15 is 0 Å². The average Bonchev–Trinajstić information content (AvgIpc) is 2.23. The van der Waals surface area contributed by atoms with E-state index in [1.807, 2.05) is 13.8 Å². The van der Waals surface area contributed by atoms with Gasteiger partial charge in [-0.15, -0.1) is 0 Å². The fourth-order valence-electron chi connectivity index (χ4n) is 1.13. The molecule has 56 valence electrons. The molecular formula is C8H18O. The summed E-state index contributed by atoms with van der Waals surface area (Å²) in [6.07, 6.45) is 3.49. The molecule has 0 aromatic heterocycles. The van der Waals surface area contributed by atoms with Crippen molar-refractivity contribution in [2.24, 2.45) is 5.92 Å². The van der Waals surface area contributed by atoms with Gasteiger partial charge in [-0.05, 0) is 18.8 Å². The lowest BCUT2D eigenvalue weighted by atomic mass is 10.1. The van der Waals surface area contributed by atoms with E-state index in [0.29, 0.717) is 5.92 Å². The molecule has 1 fully saturated rings. The summed E-state index contributed by atoms with van der Waals surface area (Å²) in [6, 6.07) is 0. The Morgan fingerprint density at radius 2 is 1.78 bits per heavy atom. The summed E-state index contributed by atoms with van der Waals surface area (Å²) in [4.78, 5) is 0. The SMILES string of the molecule is CC.C[C@@H]1CCC[C@H]1O. The molecule has 0 spiro atoms. The van der Waals surface area contributed by atoms with Crippen LogP contribution in [0.5, 0.6) is 0 Å². The summed E-state index contributed by atoms with van der Waals surface area (Å²) in [7, 11) is 0. The molecule has 0 unspecified atom stereocenters. The van der Waals surface area contributed by atoms with E-state index in [1.54, 1.807) is 0 Å². The Labute approximate surface area is 58.1 Å². The van der Waals surface area contributed by atoms with Crippen molar-refractivity contribution in [1.29, 1.82) is 0 Å². The third kappa shape index (κ3) is 2.85. The van der Waals surface area contributed by atoms with Crippen LogP contribution in [-0.2, 0) is 0 Å². The van der Waals surface area contributed by atoms with Crippen molar-refractivity contribution in [3.63, 3.8) is 0 Å². The third-order valence-electron chi connectivity index (χ3n) is 1.82. The number of aliphatic hydroxyl groups is 1. The van der Waals surface area contributed by atoms with Gasteiger partial charge in [0, 0.05) is 0 Å². The van der Waals surface area contributed by atoms with Crippen molar-refractivity contribution in [3.8, 4) is 0 Å². The molecular weight excluding hydrogens is 112 g/mol. The van der Waals surface area contributed by atoms with E-state index in [2.05, 4.69) is 6.92 Å². The van der Waals surface area contributed by atoms with Crippen LogP contribution >= 0.6 is 0 Å². The minimum Gasteiger partial charge on any atom is -0.393 e. The Bertz CT molecular complexity index is 53.6. The van der Waals surface area contributed by atoms with E-state index in [4.69, 9.17) is 5.11 Å². The Kier molecular flexibility index (Phi) is 4.78. The smallest absolute Gasteiger partial charge is 0.0565 e. The molecule has 1 aliphatic rings. The first-order chi connectivity index (χ1) is 4.30. The van der Waals surface area contributed by atoms with Crippen LogP contribution in [0.2, 0.25) is 0 Å². The van der Waals surface area contributed by atoms with Gasteiger partial charge in [-0.1, -0.05) is 27.2 Å². The molecule has 1 nitrogen and oxygen atoms in total. The number of rotatable bonds is 0. The zero-order chi connectivity index (χ0) is 7.28. The molecule has 0 amide bonds. The van der Waals surface area contributed by atoms with Gasteiger partial charge in [0.15, 0.2) is 0 Å². The molecule has 0 radical (unpaired) electrons. The minimum absolute atomic E-state index is 0.0139. The summed E-state index contributed by atoms with van der Waals surface area (Å²) < 4.78 is 0. The Morgan fingerprint density at radius 3 is 1.89 bits per heavy atom. The second-order valence-corrected chi connectivity index (χ2v) is 2.48. The zero-order valence-corrected chi connectivity index (χ0v) is 6.72. The Morgan fingerprint density at radius 1 is 1.22 bits per heavy atom. The van der Waals surface area contributed by atoms with Crippen LogP contribution in [0.4, 0.5) is 0 Å². The highest BCUT2D eigenvalue weighted by Gasteiger charge is 2.19. The van der Waals surface area contributed by atoms with Gasteiger partial charge in [0.25, 0.3) is 0 Å². The third-order valence-corrected chi connectivity index (χ3v) is 1.82. The lowest BCUT2D eigenvalue weighted by Crippen LogP contribution is -2.07. The second kappa shape index (κ2) is 4.80. The first kappa shape index (κ1) is 8.96. The van der Waals surface area contributed by atoms with E-state index < -0.39 is 0 Å². The number of hydrogen-bond donors (Lipinski definition) is 1. The molecule has 1 rings (SSSR count). The lowest BCUT2D eigenvalue weighted by Gasteiger charge is -2.04. The molecule has 1 aliphatic carbocycles. The van der Waals surface area contributed by atoms with Gasteiger partial charge >= 0.3 is 0 Å². The van der Waals surface area contributed by atoms with Gasteiger partial charge in [0.05, 0.1) is 6.10 Å². The first-order valence-corrected chi connectivity index (χ1v) is 3.99. The van der Waals surface area contributed by atoms with E-state index in [9.17, 15) is 0 Å². The van der Waals surface area contributed by atoms with Crippen LogP contribution in [-0.4, -0.2) is 11.2 Å². The molecule has 9 heavy (non-hydrogen) atoms. The molecule has 0 aliphatic heterocycles. The maximum Gasteiger partial charge on any atom is 0.0565 e. The lowest BCUT2D eigenvalue weighted by molar-refractivity contribution is 0.141. The van der Waals surface area contributed by atoms with Crippen molar-refractivity contribution in [3.05, 3.63) is 0 Å². The van der Waals surface area contributed by atoms with Crippen LogP contribution in [0.15, 0.2) is 0 Å². The van der Waals surface area contributed by atoms with Gasteiger partial charge in [-0.25, -0.2) is 0 Å². The number of aliphatic hydroxyl groups excluding tert-OH is 1. The van der Waals surface area contributed by atoms with Crippen molar-refractivity contribution in [2.45, 2.75) is 46.1 Å². The second-order valence-electron chi connectivity index (χ2n) is 2.48. The van der Waals surface area contributed by atoms with E-state index in [0.717, 1.165) is 6.42 Å². The van der Waals surface area contributed by atoms with Crippen molar-refractivity contribution in [2.75, 3.05) is 0 Å². The summed E-state index contributed by atoms with van der Waals surface area (Å²) in [5.74, 6) is 0.569. The van der Waals surface area contributed by atoms with Crippen molar-refractivity contribution in [1.82, 2.24) is 0 Å². The maximum atomic E-state index is 9.00. The average molecular weight is 130 g/mol. The normalized spacial score (nSPS) is 33.3. The Hall–Kier alpha value is -0.0400. The first-order valence-electron chi connectivity index (χ1n) is 3.99. The molecule has 0 bridgehead atoms. The van der Waals surface area contributed by atoms with Crippen molar-refractivity contribution >= 4 is 0 Å². The van der Waals surface area contributed by atoms with Crippen LogP contribution in [0, 0.1) is 5.92 Å². The van der Waals surface area contributed by atoms with Crippen LogP contribution in [0.25, 0.3) is 0 Å². The predicted molar refractivity (Wildman–Crippen MR) is 40.4 cm³/mol. The Balaban J connectivity index is 0.000000291. The molecule has 1 saturated carbocycles. The zero-order valence-electron chi connectivity index (χ0n) is 6.72. The van der Waals surface area contributed by atoms with Gasteiger partial charge in [0.1, 0.15) is 0 Å². The number of hydrogen-bond acceptors (Lipinski definition) is 1. The topological polar surface area (TPSA) is 20.2 Å². The molecule has 1 heteroatoms. The minimum atomic E-state index is 0.0139. The van der Waals surface area contributed by atoms with Crippen LogP contribution in [0.3, 0.4) is 0 Å². The maximum absolute atomic E-state index is 9.00. The monoisotopic (exact) mass is 130 g/mol. The summed E-state index contributed by atoms with van der Waals surface area (Å²) in [6.45, 7) is 6.11. The van der Waals surface area contributed by atoms with Gasteiger partial charge in [-0.3, -0.25) is 0 Å². The molecule has 0 saturated heterocycles.